The van der Waals surface area contributed by atoms with Crippen LogP contribution < -0.4 is 5.32 Å². The molecular formula is C61H119NO5. The molecule has 0 aliphatic carbocycles. The number of hydrogen-bond donors (Lipinski definition) is 3. The first-order valence-corrected chi connectivity index (χ1v) is 30.4. The van der Waals surface area contributed by atoms with E-state index in [4.69, 9.17) is 4.74 Å². The standard InChI is InChI=1S/C61H119NO5/c1-3-5-7-9-11-13-15-17-29-33-37-41-45-49-53-59(64)58(57-63)62-60(65)54-50-46-42-38-34-30-27-25-23-21-19-20-22-24-26-28-32-36-40-44-48-52-56-67-61(66)55-51-47-43-39-35-31-18-16-14-12-10-8-6-4-2/h21,23,58-59,63-64H,3-20,22,24-57H2,1-2H3,(H,62,65)/b23-21-. The Labute approximate surface area is 419 Å². The summed E-state index contributed by atoms with van der Waals surface area (Å²) in [6.45, 7) is 4.97. The van der Waals surface area contributed by atoms with Crippen LogP contribution in [-0.4, -0.2) is 47.4 Å². The topological polar surface area (TPSA) is 95.9 Å². The van der Waals surface area contributed by atoms with Crippen LogP contribution in [0.2, 0.25) is 0 Å². The van der Waals surface area contributed by atoms with Crippen LogP contribution in [0.1, 0.15) is 341 Å². The molecule has 67 heavy (non-hydrogen) atoms. The van der Waals surface area contributed by atoms with Crippen molar-refractivity contribution in [3.63, 3.8) is 0 Å². The minimum absolute atomic E-state index is 0.0128. The lowest BCUT2D eigenvalue weighted by Gasteiger charge is -2.22. The first kappa shape index (κ1) is 65.6. The highest BCUT2D eigenvalue weighted by molar-refractivity contribution is 5.76. The van der Waals surface area contributed by atoms with Gasteiger partial charge in [-0.25, -0.2) is 0 Å². The number of aliphatic hydroxyl groups excluding tert-OH is 2. The SMILES string of the molecule is CCCCCCCCCCCCCCCCC(=O)OCCCCCCCCCCCCC/C=C\CCCCCCCCCC(=O)NC(CO)C(O)CCCCCCCCCCCCCCCC. The van der Waals surface area contributed by atoms with Crippen LogP contribution in [0.5, 0.6) is 0 Å². The summed E-state index contributed by atoms with van der Waals surface area (Å²) in [6.07, 6.45) is 67.9. The highest BCUT2D eigenvalue weighted by Gasteiger charge is 2.20. The number of unbranched alkanes of at least 4 members (excludes halogenated alkanes) is 44. The maximum atomic E-state index is 12.5. The third-order valence-corrected chi connectivity index (χ3v) is 14.3. The number of allylic oxidation sites excluding steroid dienone is 2. The van der Waals surface area contributed by atoms with Crippen molar-refractivity contribution in [2.24, 2.45) is 0 Å². The van der Waals surface area contributed by atoms with Gasteiger partial charge in [0, 0.05) is 12.8 Å². The molecule has 6 heteroatoms. The number of hydrogen-bond acceptors (Lipinski definition) is 5. The van der Waals surface area contributed by atoms with E-state index in [1.54, 1.807) is 0 Å². The van der Waals surface area contributed by atoms with E-state index < -0.39 is 12.1 Å². The van der Waals surface area contributed by atoms with Crippen LogP contribution in [-0.2, 0) is 14.3 Å². The quantitative estimate of drug-likeness (QED) is 0.0321. The van der Waals surface area contributed by atoms with E-state index in [0.717, 1.165) is 38.5 Å². The molecule has 3 N–H and O–H groups in total. The summed E-state index contributed by atoms with van der Waals surface area (Å²) in [5.74, 6) is -0.0273. The van der Waals surface area contributed by atoms with Crippen molar-refractivity contribution in [2.45, 2.75) is 353 Å². The van der Waals surface area contributed by atoms with Crippen LogP contribution in [0.15, 0.2) is 12.2 Å². The fourth-order valence-electron chi connectivity index (χ4n) is 9.64. The molecule has 2 unspecified atom stereocenters. The van der Waals surface area contributed by atoms with Gasteiger partial charge >= 0.3 is 5.97 Å². The van der Waals surface area contributed by atoms with Gasteiger partial charge in [0.25, 0.3) is 0 Å². The molecule has 0 aliphatic heterocycles. The third kappa shape index (κ3) is 53.8. The Bertz CT molecular complexity index is 1000. The zero-order valence-corrected chi connectivity index (χ0v) is 45.4. The molecule has 0 aromatic rings. The van der Waals surface area contributed by atoms with E-state index in [2.05, 4.69) is 31.3 Å². The summed E-state index contributed by atoms with van der Waals surface area (Å²) >= 11 is 0. The minimum atomic E-state index is -0.667. The Kier molecular flexibility index (Phi) is 56.0. The third-order valence-electron chi connectivity index (χ3n) is 14.3. The molecular weight excluding hydrogens is 827 g/mol. The first-order valence-electron chi connectivity index (χ1n) is 30.4. The Hall–Kier alpha value is -1.40. The molecule has 0 rings (SSSR count). The van der Waals surface area contributed by atoms with E-state index in [0.29, 0.717) is 25.9 Å². The highest BCUT2D eigenvalue weighted by atomic mass is 16.5. The Morgan fingerprint density at radius 2 is 0.701 bits per heavy atom. The van der Waals surface area contributed by atoms with Gasteiger partial charge in [-0.1, -0.05) is 289 Å². The fraction of sp³-hybridized carbons (Fsp3) is 0.934. The molecule has 0 fully saturated rings. The summed E-state index contributed by atoms with van der Waals surface area (Å²) in [5, 5.41) is 23.3. The van der Waals surface area contributed by atoms with Crippen LogP contribution in [0.25, 0.3) is 0 Å². The minimum Gasteiger partial charge on any atom is -0.466 e. The maximum absolute atomic E-state index is 12.5. The Morgan fingerprint density at radius 3 is 1.06 bits per heavy atom. The molecule has 398 valence electrons. The lowest BCUT2D eigenvalue weighted by molar-refractivity contribution is -0.143. The second-order valence-electron chi connectivity index (χ2n) is 21.0. The van der Waals surface area contributed by atoms with Crippen molar-refractivity contribution in [1.29, 1.82) is 0 Å². The average Bonchev–Trinajstić information content (AvgIpc) is 3.33. The summed E-state index contributed by atoms with van der Waals surface area (Å²) in [6, 6.07) is -0.545. The fourth-order valence-corrected chi connectivity index (χ4v) is 9.64. The van der Waals surface area contributed by atoms with Gasteiger partial charge in [0.1, 0.15) is 0 Å². The maximum Gasteiger partial charge on any atom is 0.305 e. The summed E-state index contributed by atoms with van der Waals surface area (Å²) in [5.41, 5.74) is 0. The number of carbonyl (C=O) groups excluding carboxylic acids is 2. The first-order chi connectivity index (χ1) is 33.0. The van der Waals surface area contributed by atoms with Crippen LogP contribution in [0, 0.1) is 0 Å². The normalized spacial score (nSPS) is 12.6. The van der Waals surface area contributed by atoms with Crippen molar-refractivity contribution in [2.75, 3.05) is 13.2 Å². The monoisotopic (exact) mass is 946 g/mol. The second-order valence-corrected chi connectivity index (χ2v) is 21.0. The molecule has 0 radical (unpaired) electrons. The van der Waals surface area contributed by atoms with Crippen molar-refractivity contribution in [3.05, 3.63) is 12.2 Å². The van der Waals surface area contributed by atoms with Gasteiger partial charge in [-0.15, -0.1) is 0 Å². The zero-order chi connectivity index (χ0) is 48.6. The Balaban J connectivity index is 3.40. The predicted molar refractivity (Wildman–Crippen MR) is 292 cm³/mol. The van der Waals surface area contributed by atoms with Crippen LogP contribution >= 0.6 is 0 Å². The lowest BCUT2D eigenvalue weighted by atomic mass is 10.0. The number of esters is 1. The predicted octanol–water partition coefficient (Wildman–Crippen LogP) is 18.9. The highest BCUT2D eigenvalue weighted by Crippen LogP contribution is 2.18. The summed E-state index contributed by atoms with van der Waals surface area (Å²) < 4.78 is 5.48. The van der Waals surface area contributed by atoms with Gasteiger partial charge < -0.3 is 20.3 Å². The van der Waals surface area contributed by atoms with E-state index >= 15 is 0 Å². The molecule has 1 amide bonds. The number of carbonyl (C=O) groups is 2. The molecule has 0 heterocycles. The van der Waals surface area contributed by atoms with Crippen molar-refractivity contribution in [1.82, 2.24) is 5.32 Å². The second kappa shape index (κ2) is 57.2. The van der Waals surface area contributed by atoms with E-state index in [1.165, 1.54) is 270 Å². The average molecular weight is 947 g/mol. The number of nitrogens with one attached hydrogen (secondary N) is 1. The number of rotatable bonds is 57. The van der Waals surface area contributed by atoms with Gasteiger partial charge in [-0.3, -0.25) is 9.59 Å². The zero-order valence-electron chi connectivity index (χ0n) is 45.4. The molecule has 0 aliphatic rings. The summed E-state index contributed by atoms with van der Waals surface area (Å²) in [7, 11) is 0. The van der Waals surface area contributed by atoms with Crippen molar-refractivity contribution >= 4 is 11.9 Å². The smallest absolute Gasteiger partial charge is 0.305 e. The summed E-state index contributed by atoms with van der Waals surface area (Å²) in [4.78, 5) is 24.5. The van der Waals surface area contributed by atoms with Gasteiger partial charge in [0.2, 0.25) is 5.91 Å². The van der Waals surface area contributed by atoms with Crippen LogP contribution in [0.4, 0.5) is 0 Å². The van der Waals surface area contributed by atoms with Crippen molar-refractivity contribution < 1.29 is 24.5 Å². The van der Waals surface area contributed by atoms with Gasteiger partial charge in [-0.05, 0) is 51.4 Å². The molecule has 0 spiro atoms. The number of ether oxygens (including phenoxy) is 1. The molecule has 2 atom stereocenters. The molecule has 0 saturated heterocycles. The van der Waals surface area contributed by atoms with Crippen LogP contribution in [0.3, 0.4) is 0 Å². The number of aliphatic hydroxyl groups is 2. The molecule has 0 saturated carbocycles. The molecule has 0 aromatic carbocycles. The number of amides is 1. The van der Waals surface area contributed by atoms with E-state index in [1.807, 2.05) is 0 Å². The van der Waals surface area contributed by atoms with E-state index in [9.17, 15) is 19.8 Å². The Morgan fingerprint density at radius 1 is 0.403 bits per heavy atom. The van der Waals surface area contributed by atoms with Gasteiger partial charge in [0.15, 0.2) is 0 Å². The molecule has 0 bridgehead atoms. The molecule has 0 aromatic heterocycles. The van der Waals surface area contributed by atoms with Gasteiger partial charge in [0.05, 0.1) is 25.4 Å². The van der Waals surface area contributed by atoms with E-state index in [-0.39, 0.29) is 18.5 Å². The lowest BCUT2D eigenvalue weighted by Crippen LogP contribution is -2.45. The largest absolute Gasteiger partial charge is 0.466 e. The molecule has 6 nitrogen and oxygen atoms in total. The van der Waals surface area contributed by atoms with Crippen molar-refractivity contribution in [3.8, 4) is 0 Å². The van der Waals surface area contributed by atoms with Gasteiger partial charge in [-0.2, -0.15) is 0 Å².